The molecule has 1 aromatic rings. The molecule has 1 fully saturated rings. The molecular weight excluding hydrogens is 376 g/mol. The molecule has 2 atom stereocenters. The van der Waals surface area contributed by atoms with Crippen molar-refractivity contribution in [3.8, 4) is 0 Å². The van der Waals surface area contributed by atoms with Crippen LogP contribution in [0.2, 0.25) is 0 Å². The molecular formula is C18H25N8OS+. The molecule has 0 spiro atoms. The minimum absolute atomic E-state index is 0.0222. The highest BCUT2D eigenvalue weighted by Crippen LogP contribution is 2.23. The normalized spacial score (nSPS) is 23.8. The molecule has 0 aromatic heterocycles. The molecule has 28 heavy (non-hydrogen) atoms. The van der Waals surface area contributed by atoms with Gasteiger partial charge >= 0.3 is 5.96 Å². The number of guanidine groups is 1. The molecule has 0 bridgehead atoms. The summed E-state index contributed by atoms with van der Waals surface area (Å²) in [7, 11) is 0. The largest absolute Gasteiger partial charge is 0.400 e. The second kappa shape index (κ2) is 8.68. The highest BCUT2D eigenvalue weighted by Gasteiger charge is 2.42. The Balaban J connectivity index is 1.62. The summed E-state index contributed by atoms with van der Waals surface area (Å²) in [6, 6.07) is 9.94. The van der Waals surface area contributed by atoms with Gasteiger partial charge in [0.05, 0.1) is 23.3 Å². The van der Waals surface area contributed by atoms with Gasteiger partial charge in [-0.15, -0.1) is 11.8 Å². The summed E-state index contributed by atoms with van der Waals surface area (Å²) in [5.74, 6) is 2.30. The smallest absolute Gasteiger partial charge is 0.350 e. The average molecular weight is 402 g/mol. The maximum absolute atomic E-state index is 12.3. The summed E-state index contributed by atoms with van der Waals surface area (Å²) in [4.78, 5) is 15.1. The molecule has 3 aliphatic rings. The fourth-order valence-electron chi connectivity index (χ4n) is 3.29. The number of carbonyl (C=O) groups excluding carboxylic acids is 1. The Hall–Kier alpha value is -2.49. The maximum Gasteiger partial charge on any atom is 0.400 e. The van der Waals surface area contributed by atoms with Crippen molar-refractivity contribution in [2.24, 2.45) is 5.73 Å². The molecule has 9 nitrogen and oxygen atoms in total. The van der Waals surface area contributed by atoms with Crippen LogP contribution in [0.5, 0.6) is 0 Å². The van der Waals surface area contributed by atoms with E-state index in [-0.39, 0.29) is 18.1 Å². The number of thioether (sulfide) groups is 1. The molecule has 1 amide bonds. The molecule has 1 aromatic carbocycles. The predicted octanol–water partition coefficient (Wildman–Crippen LogP) is -1.67. The number of fused-ring (bicyclic) bond motifs is 1. The standard InChI is InChI=1S/C18H24N8OS/c19-6-7-20-17(27)13-10-26(8-9-28-13)16-14-15(22-11-21-14)24-18(25-16)23-12-4-2-1-3-5-12/h1-5,10,14-15,21-22H,6-9,11,19H2,(H2,20,23,24,27)/p+1. The van der Waals surface area contributed by atoms with E-state index in [1.807, 2.05) is 36.5 Å². The number of rotatable bonds is 4. The maximum atomic E-state index is 12.3. The molecule has 7 N–H and O–H groups in total. The first-order chi connectivity index (χ1) is 13.7. The van der Waals surface area contributed by atoms with Crippen molar-refractivity contribution < 1.29 is 4.79 Å². The lowest BCUT2D eigenvalue weighted by atomic mass is 10.2. The number of carbonyl (C=O) groups is 1. The number of nitrogens with zero attached hydrogens (tertiary/aromatic N) is 2. The van der Waals surface area contributed by atoms with Gasteiger partial charge in [-0.3, -0.25) is 31.0 Å². The van der Waals surface area contributed by atoms with E-state index < -0.39 is 0 Å². The molecule has 4 rings (SSSR count). The van der Waals surface area contributed by atoms with Gasteiger partial charge in [0.1, 0.15) is 12.2 Å². The number of nitrogens with one attached hydrogen (secondary N) is 5. The van der Waals surface area contributed by atoms with Crippen LogP contribution in [0.25, 0.3) is 0 Å². The molecule has 1 saturated heterocycles. The van der Waals surface area contributed by atoms with Gasteiger partial charge < -0.3 is 11.1 Å². The van der Waals surface area contributed by atoms with Crippen LogP contribution in [0, 0.1) is 0 Å². The highest BCUT2D eigenvalue weighted by atomic mass is 32.2. The lowest BCUT2D eigenvalue weighted by molar-refractivity contribution is -0.116. The van der Waals surface area contributed by atoms with Gasteiger partial charge in [-0.1, -0.05) is 18.2 Å². The lowest BCUT2D eigenvalue weighted by Gasteiger charge is -2.28. The van der Waals surface area contributed by atoms with Crippen LogP contribution in [0.15, 0.2) is 41.4 Å². The average Bonchev–Trinajstić information content (AvgIpc) is 3.21. The van der Waals surface area contributed by atoms with E-state index in [0.29, 0.717) is 30.6 Å². The summed E-state index contributed by atoms with van der Waals surface area (Å²) in [6.07, 6.45) is 1.91. The topological polar surface area (TPSA) is 121 Å². The third-order valence-corrected chi connectivity index (χ3v) is 5.61. The zero-order valence-corrected chi connectivity index (χ0v) is 16.3. The van der Waals surface area contributed by atoms with Gasteiger partial charge in [-0.2, -0.15) is 0 Å². The highest BCUT2D eigenvalue weighted by molar-refractivity contribution is 8.04. The third kappa shape index (κ3) is 4.16. The Morgan fingerprint density at radius 2 is 2.18 bits per heavy atom. The van der Waals surface area contributed by atoms with Gasteiger partial charge in [0, 0.05) is 25.5 Å². The van der Waals surface area contributed by atoms with E-state index in [1.165, 1.54) is 0 Å². The zero-order chi connectivity index (χ0) is 19.3. The molecule has 10 heteroatoms. The second-order valence-corrected chi connectivity index (χ2v) is 7.71. The Bertz CT molecular complexity index is 820. The van der Waals surface area contributed by atoms with Crippen molar-refractivity contribution >= 4 is 35.2 Å². The Morgan fingerprint density at radius 3 is 3.00 bits per heavy atom. The number of amides is 1. The minimum Gasteiger partial charge on any atom is -0.350 e. The van der Waals surface area contributed by atoms with Crippen LogP contribution in [0.3, 0.4) is 0 Å². The van der Waals surface area contributed by atoms with Crippen molar-refractivity contribution in [3.63, 3.8) is 0 Å². The fraction of sp³-hybridized carbons (Fsp3) is 0.389. The van der Waals surface area contributed by atoms with Gasteiger partial charge in [-0.25, -0.2) is 4.67 Å². The lowest BCUT2D eigenvalue weighted by Crippen LogP contribution is -2.61. The van der Waals surface area contributed by atoms with Crippen LogP contribution < -0.4 is 37.0 Å². The van der Waals surface area contributed by atoms with Gasteiger partial charge in [0.2, 0.25) is 0 Å². The fourth-order valence-corrected chi connectivity index (χ4v) is 4.21. The molecule has 148 valence electrons. The number of anilines is 1. The van der Waals surface area contributed by atoms with E-state index >= 15 is 0 Å². The summed E-state index contributed by atoms with van der Waals surface area (Å²) < 4.78 is 4.83. The first-order valence-corrected chi connectivity index (χ1v) is 10.3. The quantitative estimate of drug-likeness (QED) is 0.332. The van der Waals surface area contributed by atoms with E-state index in [4.69, 9.17) is 10.4 Å². The van der Waals surface area contributed by atoms with Crippen LogP contribution in [-0.2, 0) is 4.79 Å². The van der Waals surface area contributed by atoms with Crippen LogP contribution in [0.1, 0.15) is 0 Å². The molecule has 3 heterocycles. The molecule has 0 aliphatic carbocycles. The van der Waals surface area contributed by atoms with Crippen molar-refractivity contribution in [2.45, 2.75) is 12.2 Å². The molecule has 2 unspecified atom stereocenters. The Labute approximate surface area is 167 Å². The van der Waals surface area contributed by atoms with Crippen molar-refractivity contribution in [1.29, 1.82) is 0 Å². The number of amidine groups is 1. The minimum atomic E-state index is -0.0876. The van der Waals surface area contributed by atoms with E-state index in [1.54, 1.807) is 11.8 Å². The Morgan fingerprint density at radius 1 is 1.32 bits per heavy atom. The SMILES string of the molecule is NCCNC(=O)C1=CN(C2=[N+]=C(Nc3ccccc3)NC3NCNC23)CCS1. The molecule has 0 radical (unpaired) electrons. The number of nitrogens with two attached hydrogens (primary N) is 1. The Kier molecular flexibility index (Phi) is 5.84. The number of hydrogen-bond acceptors (Lipinski definition) is 8. The van der Waals surface area contributed by atoms with Gasteiger partial charge in [0.15, 0.2) is 0 Å². The van der Waals surface area contributed by atoms with E-state index in [2.05, 4.69) is 31.5 Å². The van der Waals surface area contributed by atoms with Crippen LogP contribution in [-0.4, -0.2) is 66.9 Å². The number of para-hydroxylation sites is 1. The second-order valence-electron chi connectivity index (χ2n) is 6.57. The molecule has 3 aliphatic heterocycles. The van der Waals surface area contributed by atoms with Crippen molar-refractivity contribution in [1.82, 2.24) is 30.8 Å². The number of hydrogen-bond donors (Lipinski definition) is 6. The monoisotopic (exact) mass is 401 g/mol. The zero-order valence-electron chi connectivity index (χ0n) is 15.4. The summed E-state index contributed by atoms with van der Waals surface area (Å²) >= 11 is 1.56. The summed E-state index contributed by atoms with van der Waals surface area (Å²) in [6.45, 7) is 2.38. The predicted molar refractivity (Wildman–Crippen MR) is 113 cm³/mol. The van der Waals surface area contributed by atoms with Crippen LogP contribution in [0.4, 0.5) is 5.69 Å². The van der Waals surface area contributed by atoms with Crippen molar-refractivity contribution in [3.05, 3.63) is 41.4 Å². The third-order valence-electron chi connectivity index (χ3n) is 4.62. The number of benzene rings is 1. The summed E-state index contributed by atoms with van der Waals surface area (Å²) in [5, 5.41) is 16.4. The van der Waals surface area contributed by atoms with E-state index in [0.717, 1.165) is 23.8 Å². The summed E-state index contributed by atoms with van der Waals surface area (Å²) in [5.41, 5.74) is 6.45. The van der Waals surface area contributed by atoms with Crippen LogP contribution >= 0.6 is 11.8 Å². The van der Waals surface area contributed by atoms with E-state index in [9.17, 15) is 4.79 Å². The van der Waals surface area contributed by atoms with Crippen molar-refractivity contribution in [2.75, 3.05) is 37.4 Å². The first kappa shape index (κ1) is 18.9. The van der Waals surface area contributed by atoms with Gasteiger partial charge in [0.25, 0.3) is 11.7 Å². The van der Waals surface area contributed by atoms with Gasteiger partial charge in [-0.05, 0) is 12.1 Å². The first-order valence-electron chi connectivity index (χ1n) is 9.35. The molecule has 0 saturated carbocycles.